The van der Waals surface area contributed by atoms with Gasteiger partial charge in [0, 0.05) is 43.2 Å². The first-order chi connectivity index (χ1) is 16.4. The summed E-state index contributed by atoms with van der Waals surface area (Å²) in [6.45, 7) is 5.84. The molecule has 2 aromatic rings. The SMILES string of the molecule is CC1Cc2cc(/C(O)=C3\C(=O)C(=O)N(CCN4CCOCC4)C3c3ccc(Cl)cc3)ccc2O1. The van der Waals surface area contributed by atoms with Crippen molar-refractivity contribution >= 4 is 29.1 Å². The molecule has 178 valence electrons. The van der Waals surface area contributed by atoms with E-state index >= 15 is 0 Å². The van der Waals surface area contributed by atoms with E-state index in [4.69, 9.17) is 21.1 Å². The molecule has 7 nitrogen and oxygen atoms in total. The molecule has 0 saturated carbocycles. The molecule has 5 rings (SSSR count). The number of ketones is 1. The van der Waals surface area contributed by atoms with Crippen molar-refractivity contribution in [2.45, 2.75) is 25.5 Å². The predicted molar refractivity (Wildman–Crippen MR) is 128 cm³/mol. The zero-order chi connectivity index (χ0) is 23.8. The minimum absolute atomic E-state index is 0.0623. The van der Waals surface area contributed by atoms with Crippen LogP contribution in [0.4, 0.5) is 0 Å². The summed E-state index contributed by atoms with van der Waals surface area (Å²) >= 11 is 6.10. The Morgan fingerprint density at radius 3 is 2.56 bits per heavy atom. The number of Topliss-reactive ketones (excluding diaryl/α,β-unsaturated/α-hetero) is 1. The lowest BCUT2D eigenvalue weighted by atomic mass is 9.94. The quantitative estimate of drug-likeness (QED) is 0.399. The fourth-order valence-electron chi connectivity index (χ4n) is 4.90. The summed E-state index contributed by atoms with van der Waals surface area (Å²) in [6.07, 6.45) is 0.789. The summed E-state index contributed by atoms with van der Waals surface area (Å²) in [6, 6.07) is 11.7. The summed E-state index contributed by atoms with van der Waals surface area (Å²) in [5.41, 5.74) is 2.30. The highest BCUT2D eigenvalue weighted by Gasteiger charge is 2.46. The fourth-order valence-corrected chi connectivity index (χ4v) is 5.03. The number of carbonyl (C=O) groups excluding carboxylic acids is 2. The number of aliphatic hydroxyl groups excluding tert-OH is 1. The molecular formula is C26H27ClN2O5. The van der Waals surface area contributed by atoms with E-state index in [1.807, 2.05) is 13.0 Å². The van der Waals surface area contributed by atoms with Gasteiger partial charge in [-0.05, 0) is 48.4 Å². The molecule has 0 aromatic heterocycles. The van der Waals surface area contributed by atoms with E-state index in [1.54, 1.807) is 41.3 Å². The second kappa shape index (κ2) is 9.41. The van der Waals surface area contributed by atoms with Crippen molar-refractivity contribution in [3.63, 3.8) is 0 Å². The Bertz CT molecular complexity index is 1140. The maximum atomic E-state index is 13.2. The summed E-state index contributed by atoms with van der Waals surface area (Å²) in [7, 11) is 0. The van der Waals surface area contributed by atoms with Crippen LogP contribution in [0.25, 0.3) is 5.76 Å². The molecule has 2 fully saturated rings. The molecule has 1 amide bonds. The first-order valence-electron chi connectivity index (χ1n) is 11.6. The van der Waals surface area contributed by atoms with Gasteiger partial charge < -0.3 is 19.5 Å². The molecule has 2 atom stereocenters. The van der Waals surface area contributed by atoms with Gasteiger partial charge in [0.2, 0.25) is 0 Å². The van der Waals surface area contributed by atoms with Crippen molar-refractivity contribution in [2.75, 3.05) is 39.4 Å². The van der Waals surface area contributed by atoms with Crippen molar-refractivity contribution in [1.82, 2.24) is 9.80 Å². The molecule has 1 N–H and O–H groups in total. The Kier molecular flexibility index (Phi) is 6.34. The Balaban J connectivity index is 1.53. The van der Waals surface area contributed by atoms with Gasteiger partial charge in [-0.25, -0.2) is 0 Å². The number of amides is 1. The van der Waals surface area contributed by atoms with Crippen molar-refractivity contribution in [1.29, 1.82) is 0 Å². The van der Waals surface area contributed by atoms with Crippen LogP contribution < -0.4 is 4.74 Å². The van der Waals surface area contributed by atoms with Gasteiger partial charge in [0.1, 0.15) is 17.6 Å². The van der Waals surface area contributed by atoms with Gasteiger partial charge in [-0.1, -0.05) is 23.7 Å². The van der Waals surface area contributed by atoms with Crippen LogP contribution in [0.2, 0.25) is 5.02 Å². The highest BCUT2D eigenvalue weighted by molar-refractivity contribution is 6.46. The molecule has 0 radical (unpaired) electrons. The number of hydrogen-bond donors (Lipinski definition) is 1. The molecule has 2 unspecified atom stereocenters. The van der Waals surface area contributed by atoms with Gasteiger partial charge in [0.05, 0.1) is 24.8 Å². The van der Waals surface area contributed by atoms with Crippen LogP contribution in [0.3, 0.4) is 0 Å². The molecule has 8 heteroatoms. The minimum atomic E-state index is -0.693. The van der Waals surface area contributed by atoms with Gasteiger partial charge in [0.25, 0.3) is 11.7 Å². The van der Waals surface area contributed by atoms with Gasteiger partial charge in [-0.15, -0.1) is 0 Å². The van der Waals surface area contributed by atoms with Crippen LogP contribution in [0, 0.1) is 0 Å². The number of likely N-dealkylation sites (tertiary alicyclic amines) is 1. The minimum Gasteiger partial charge on any atom is -0.507 e. The van der Waals surface area contributed by atoms with Crippen LogP contribution in [0.1, 0.15) is 29.7 Å². The van der Waals surface area contributed by atoms with E-state index in [0.717, 1.165) is 36.4 Å². The standard InChI is InChI=1S/C26H27ClN2O5/c1-16-14-19-15-18(4-7-21(19)34-16)24(30)22-23(17-2-5-20(27)6-3-17)29(26(32)25(22)31)9-8-28-10-12-33-13-11-28/h2-7,15-16,23,30H,8-14H2,1H3/b24-22+. The summed E-state index contributed by atoms with van der Waals surface area (Å²) < 4.78 is 11.2. The second-order valence-electron chi connectivity index (χ2n) is 8.95. The number of ether oxygens (including phenoxy) is 2. The molecule has 0 spiro atoms. The second-order valence-corrected chi connectivity index (χ2v) is 9.39. The number of nitrogens with zero attached hydrogens (tertiary/aromatic N) is 2. The largest absolute Gasteiger partial charge is 0.507 e. The molecule has 3 aliphatic rings. The lowest BCUT2D eigenvalue weighted by Gasteiger charge is -2.31. The number of fused-ring (bicyclic) bond motifs is 1. The van der Waals surface area contributed by atoms with Crippen LogP contribution >= 0.6 is 11.6 Å². The maximum absolute atomic E-state index is 13.2. The zero-order valence-electron chi connectivity index (χ0n) is 19.0. The van der Waals surface area contributed by atoms with Crippen molar-refractivity contribution < 1.29 is 24.2 Å². The number of hydrogen-bond acceptors (Lipinski definition) is 6. The zero-order valence-corrected chi connectivity index (χ0v) is 19.8. The Labute approximate surface area is 203 Å². The Morgan fingerprint density at radius 2 is 1.82 bits per heavy atom. The lowest BCUT2D eigenvalue weighted by molar-refractivity contribution is -0.140. The molecule has 0 aliphatic carbocycles. The molecular weight excluding hydrogens is 456 g/mol. The third-order valence-electron chi connectivity index (χ3n) is 6.66. The van der Waals surface area contributed by atoms with Crippen molar-refractivity contribution in [3.05, 3.63) is 69.8 Å². The van der Waals surface area contributed by atoms with Gasteiger partial charge >= 0.3 is 0 Å². The number of benzene rings is 2. The maximum Gasteiger partial charge on any atom is 0.295 e. The average molecular weight is 483 g/mol. The van der Waals surface area contributed by atoms with Crippen LogP contribution in [-0.4, -0.2) is 72.1 Å². The molecule has 34 heavy (non-hydrogen) atoms. The van der Waals surface area contributed by atoms with Crippen LogP contribution in [0.5, 0.6) is 5.75 Å². The smallest absolute Gasteiger partial charge is 0.295 e. The average Bonchev–Trinajstić information content (AvgIpc) is 3.34. The van der Waals surface area contributed by atoms with Crippen molar-refractivity contribution in [3.8, 4) is 5.75 Å². The monoisotopic (exact) mass is 482 g/mol. The van der Waals surface area contributed by atoms with Crippen LogP contribution in [-0.2, 0) is 20.7 Å². The highest BCUT2D eigenvalue weighted by Crippen LogP contribution is 2.40. The normalized spacial score (nSPS) is 24.4. The molecule has 0 bridgehead atoms. The fraction of sp³-hybridized carbons (Fsp3) is 0.385. The first-order valence-corrected chi connectivity index (χ1v) is 11.9. The van der Waals surface area contributed by atoms with Gasteiger partial charge in [-0.3, -0.25) is 14.5 Å². The highest BCUT2D eigenvalue weighted by atomic mass is 35.5. The van der Waals surface area contributed by atoms with Crippen molar-refractivity contribution in [2.24, 2.45) is 0 Å². The molecule has 2 saturated heterocycles. The van der Waals surface area contributed by atoms with E-state index in [2.05, 4.69) is 4.90 Å². The predicted octanol–water partition coefficient (Wildman–Crippen LogP) is 3.42. The molecule has 3 aliphatic heterocycles. The number of aliphatic hydroxyl groups is 1. The summed E-state index contributed by atoms with van der Waals surface area (Å²) in [5.74, 6) is -0.670. The Morgan fingerprint density at radius 1 is 1.09 bits per heavy atom. The topological polar surface area (TPSA) is 79.3 Å². The number of rotatable bonds is 5. The lowest BCUT2D eigenvalue weighted by Crippen LogP contribution is -2.42. The Hall–Kier alpha value is -2.87. The van der Waals surface area contributed by atoms with E-state index < -0.39 is 17.7 Å². The number of halogens is 1. The summed E-state index contributed by atoms with van der Waals surface area (Å²) in [4.78, 5) is 30.1. The molecule has 3 heterocycles. The third-order valence-corrected chi connectivity index (χ3v) is 6.91. The van der Waals surface area contributed by atoms with E-state index in [0.29, 0.717) is 36.9 Å². The van der Waals surface area contributed by atoms with Crippen LogP contribution in [0.15, 0.2) is 48.0 Å². The summed E-state index contributed by atoms with van der Waals surface area (Å²) in [5, 5.41) is 11.9. The number of carbonyl (C=O) groups is 2. The van der Waals surface area contributed by atoms with E-state index in [-0.39, 0.29) is 17.4 Å². The third kappa shape index (κ3) is 4.31. The van der Waals surface area contributed by atoms with Gasteiger partial charge in [0.15, 0.2) is 0 Å². The van der Waals surface area contributed by atoms with Gasteiger partial charge in [-0.2, -0.15) is 0 Å². The number of morpholine rings is 1. The first kappa shape index (κ1) is 22.9. The molecule has 2 aromatic carbocycles. The van der Waals surface area contributed by atoms with E-state index in [9.17, 15) is 14.7 Å². The van der Waals surface area contributed by atoms with E-state index in [1.165, 1.54) is 0 Å².